The second kappa shape index (κ2) is 5.93. The lowest BCUT2D eigenvalue weighted by Crippen LogP contribution is -2.46. The molecule has 2 aromatic rings. The minimum atomic E-state index is -2.37. The van der Waals surface area contributed by atoms with Gasteiger partial charge in [0.1, 0.15) is 0 Å². The molecule has 0 radical (unpaired) electrons. The molecular formula is C16H16O4Si. The van der Waals surface area contributed by atoms with Gasteiger partial charge in [-0.2, -0.15) is 0 Å². The summed E-state index contributed by atoms with van der Waals surface area (Å²) in [6.45, 7) is 3.86. The number of carbonyl (C=O) groups is 2. The third-order valence-electron chi connectivity index (χ3n) is 3.16. The maximum atomic E-state index is 12.2. The highest BCUT2D eigenvalue weighted by Gasteiger charge is 2.30. The SMILES string of the molecule is C[Si](C)(OC(=O)c1cccc(C(=O)O)c1)c1ccccc1. The molecule has 5 heteroatoms. The predicted octanol–water partition coefficient (Wildman–Crippen LogP) is 2.65. The number of aromatic carboxylic acids is 1. The highest BCUT2D eigenvalue weighted by Crippen LogP contribution is 2.12. The van der Waals surface area contributed by atoms with Gasteiger partial charge in [-0.3, -0.25) is 0 Å². The Morgan fingerprint density at radius 3 is 2.19 bits per heavy atom. The molecule has 1 N–H and O–H groups in total. The first-order valence-electron chi connectivity index (χ1n) is 6.52. The number of carboxylic acid groups (broad SMARTS) is 1. The Kier molecular flexibility index (Phi) is 4.23. The Balaban J connectivity index is 2.21. The number of carbonyl (C=O) groups excluding carboxylic acids is 1. The molecule has 0 unspecified atom stereocenters. The summed E-state index contributed by atoms with van der Waals surface area (Å²) in [6, 6.07) is 15.5. The fraction of sp³-hybridized carbons (Fsp3) is 0.125. The zero-order valence-corrected chi connectivity index (χ0v) is 12.9. The van der Waals surface area contributed by atoms with Gasteiger partial charge in [-0.1, -0.05) is 36.4 Å². The highest BCUT2D eigenvalue weighted by atomic mass is 28.4. The maximum Gasteiger partial charge on any atom is 0.335 e. The van der Waals surface area contributed by atoms with E-state index in [2.05, 4.69) is 0 Å². The Morgan fingerprint density at radius 2 is 1.57 bits per heavy atom. The Morgan fingerprint density at radius 1 is 0.952 bits per heavy atom. The van der Waals surface area contributed by atoms with Crippen molar-refractivity contribution >= 4 is 25.4 Å². The molecule has 0 saturated carbocycles. The fourth-order valence-electron chi connectivity index (χ4n) is 1.97. The molecule has 0 fully saturated rings. The molecule has 2 aromatic carbocycles. The van der Waals surface area contributed by atoms with E-state index in [1.807, 2.05) is 43.4 Å². The summed E-state index contributed by atoms with van der Waals surface area (Å²) in [7, 11) is -2.37. The van der Waals surface area contributed by atoms with Crippen LogP contribution in [-0.2, 0) is 4.43 Å². The van der Waals surface area contributed by atoms with Crippen molar-refractivity contribution in [3.63, 3.8) is 0 Å². The molecule has 108 valence electrons. The minimum absolute atomic E-state index is 0.0728. The normalized spacial score (nSPS) is 11.0. The van der Waals surface area contributed by atoms with Crippen LogP contribution >= 0.6 is 0 Å². The molecule has 0 aliphatic carbocycles. The fourth-order valence-corrected chi connectivity index (χ4v) is 3.66. The van der Waals surface area contributed by atoms with Crippen LogP contribution in [0.2, 0.25) is 13.1 Å². The van der Waals surface area contributed by atoms with E-state index in [0.29, 0.717) is 0 Å². The number of hydrogen-bond acceptors (Lipinski definition) is 3. The first-order chi connectivity index (χ1) is 9.90. The summed E-state index contributed by atoms with van der Waals surface area (Å²) in [6.07, 6.45) is 0. The van der Waals surface area contributed by atoms with Gasteiger partial charge in [0.15, 0.2) is 0 Å². The molecule has 0 aliphatic rings. The van der Waals surface area contributed by atoms with Crippen molar-refractivity contribution in [2.24, 2.45) is 0 Å². The second-order valence-corrected chi connectivity index (χ2v) is 8.95. The molecule has 0 atom stereocenters. The van der Waals surface area contributed by atoms with Crippen LogP contribution in [0.4, 0.5) is 0 Å². The number of rotatable bonds is 4. The summed E-state index contributed by atoms with van der Waals surface area (Å²) >= 11 is 0. The zero-order valence-electron chi connectivity index (χ0n) is 11.9. The van der Waals surface area contributed by atoms with Crippen LogP contribution in [0.1, 0.15) is 20.7 Å². The molecule has 0 bridgehead atoms. The summed E-state index contributed by atoms with van der Waals surface area (Å²) in [5, 5.41) is 9.97. The van der Waals surface area contributed by atoms with Gasteiger partial charge in [0.2, 0.25) is 0 Å². The molecule has 21 heavy (non-hydrogen) atoms. The Hall–Kier alpha value is -2.40. The van der Waals surface area contributed by atoms with Crippen LogP contribution in [0.15, 0.2) is 54.6 Å². The molecule has 0 spiro atoms. The predicted molar refractivity (Wildman–Crippen MR) is 82.4 cm³/mol. The van der Waals surface area contributed by atoms with Gasteiger partial charge in [-0.15, -0.1) is 0 Å². The van der Waals surface area contributed by atoms with Crippen molar-refractivity contribution in [3.8, 4) is 0 Å². The Bertz CT molecular complexity index is 665. The lowest BCUT2D eigenvalue weighted by molar-refractivity contribution is 0.0697. The van der Waals surface area contributed by atoms with E-state index >= 15 is 0 Å². The topological polar surface area (TPSA) is 63.6 Å². The number of hydrogen-bond donors (Lipinski definition) is 1. The van der Waals surface area contributed by atoms with Gasteiger partial charge in [0.25, 0.3) is 8.32 Å². The maximum absolute atomic E-state index is 12.2. The second-order valence-electron chi connectivity index (χ2n) is 5.15. The summed E-state index contributed by atoms with van der Waals surface area (Å²) in [5.74, 6) is -1.55. The number of benzene rings is 2. The van der Waals surface area contributed by atoms with Gasteiger partial charge in [-0.05, 0) is 36.5 Å². The van der Waals surface area contributed by atoms with Crippen molar-refractivity contribution in [2.45, 2.75) is 13.1 Å². The van der Waals surface area contributed by atoms with E-state index in [1.54, 1.807) is 6.07 Å². The van der Waals surface area contributed by atoms with E-state index in [0.717, 1.165) is 5.19 Å². The van der Waals surface area contributed by atoms with Gasteiger partial charge in [0.05, 0.1) is 11.1 Å². The first-order valence-corrected chi connectivity index (χ1v) is 9.43. The van der Waals surface area contributed by atoms with Crippen molar-refractivity contribution in [1.82, 2.24) is 0 Å². The minimum Gasteiger partial charge on any atom is -0.512 e. The summed E-state index contributed by atoms with van der Waals surface area (Å²) in [4.78, 5) is 23.2. The summed E-state index contributed by atoms with van der Waals surface area (Å²) < 4.78 is 5.65. The monoisotopic (exact) mass is 300 g/mol. The van der Waals surface area contributed by atoms with Crippen LogP contribution in [0.3, 0.4) is 0 Å². The smallest absolute Gasteiger partial charge is 0.335 e. The molecule has 4 nitrogen and oxygen atoms in total. The summed E-state index contributed by atoms with van der Waals surface area (Å²) in [5.41, 5.74) is 0.329. The molecule has 0 saturated heterocycles. The Labute approximate surface area is 124 Å². The van der Waals surface area contributed by atoms with Crippen LogP contribution in [0, 0.1) is 0 Å². The molecule has 0 amide bonds. The van der Waals surface area contributed by atoms with Crippen molar-refractivity contribution in [2.75, 3.05) is 0 Å². The quantitative estimate of drug-likeness (QED) is 0.882. The van der Waals surface area contributed by atoms with Gasteiger partial charge in [-0.25, -0.2) is 9.59 Å². The third-order valence-corrected chi connectivity index (χ3v) is 5.58. The largest absolute Gasteiger partial charge is 0.512 e. The van der Waals surface area contributed by atoms with Crippen molar-refractivity contribution < 1.29 is 19.1 Å². The van der Waals surface area contributed by atoms with E-state index in [-0.39, 0.29) is 11.1 Å². The standard InChI is InChI=1S/C16H16O4Si/c1-21(2,14-9-4-3-5-10-14)20-16(19)13-8-6-7-12(11-13)15(17)18/h3-11H,1-2H3,(H,17,18). The molecule has 0 heterocycles. The van der Waals surface area contributed by atoms with Gasteiger partial charge >= 0.3 is 11.9 Å². The van der Waals surface area contributed by atoms with E-state index in [4.69, 9.17) is 9.53 Å². The highest BCUT2D eigenvalue weighted by molar-refractivity contribution is 6.85. The number of carboxylic acids is 1. The van der Waals surface area contributed by atoms with Crippen LogP contribution in [0.5, 0.6) is 0 Å². The lowest BCUT2D eigenvalue weighted by Gasteiger charge is -2.23. The molecule has 0 aliphatic heterocycles. The molecular weight excluding hydrogens is 284 g/mol. The third kappa shape index (κ3) is 3.58. The van der Waals surface area contributed by atoms with Gasteiger partial charge in [0, 0.05) is 0 Å². The lowest BCUT2D eigenvalue weighted by atomic mass is 10.1. The van der Waals surface area contributed by atoms with E-state index < -0.39 is 20.3 Å². The van der Waals surface area contributed by atoms with Crippen LogP contribution < -0.4 is 5.19 Å². The average Bonchev–Trinajstić information content (AvgIpc) is 2.48. The zero-order chi connectivity index (χ0) is 15.5. The average molecular weight is 300 g/mol. The van der Waals surface area contributed by atoms with Crippen LogP contribution in [0.25, 0.3) is 0 Å². The van der Waals surface area contributed by atoms with E-state index in [9.17, 15) is 9.59 Å². The van der Waals surface area contributed by atoms with Crippen molar-refractivity contribution in [3.05, 3.63) is 65.7 Å². The van der Waals surface area contributed by atoms with Gasteiger partial charge < -0.3 is 9.53 Å². The van der Waals surface area contributed by atoms with E-state index in [1.165, 1.54) is 18.2 Å². The molecule has 0 aromatic heterocycles. The van der Waals surface area contributed by atoms with Crippen molar-refractivity contribution in [1.29, 1.82) is 0 Å². The molecule has 2 rings (SSSR count). The van der Waals surface area contributed by atoms with Crippen LogP contribution in [-0.4, -0.2) is 25.4 Å². The first kappa shape index (κ1) is 15.0.